The Morgan fingerprint density at radius 2 is 1.09 bits per heavy atom. The molecule has 54 heavy (non-hydrogen) atoms. The van der Waals surface area contributed by atoms with E-state index in [-0.39, 0.29) is 5.41 Å². The van der Waals surface area contributed by atoms with Gasteiger partial charge < -0.3 is 4.42 Å². The van der Waals surface area contributed by atoms with Crippen LogP contribution in [0.4, 0.5) is 0 Å². The first kappa shape index (κ1) is 30.6. The molecule has 3 heterocycles. The molecule has 5 heteroatoms. The minimum atomic E-state index is -0.0440. The van der Waals surface area contributed by atoms with E-state index in [1.165, 1.54) is 38.4 Å². The molecule has 0 bridgehead atoms. The van der Waals surface area contributed by atoms with Crippen molar-refractivity contribution in [2.24, 2.45) is 0 Å². The molecule has 7 aromatic carbocycles. The minimum absolute atomic E-state index is 0.0440. The second-order valence-corrected chi connectivity index (χ2v) is 14.7. The third-order valence-electron chi connectivity index (χ3n) is 11.2. The number of benzene rings is 7. The van der Waals surface area contributed by atoms with Gasteiger partial charge in [0.25, 0.3) is 0 Å². The minimum Gasteiger partial charge on any atom is -0.456 e. The number of nitrogens with zero attached hydrogens (tertiary/aromatic N) is 4. The van der Waals surface area contributed by atoms with E-state index in [1.807, 2.05) is 48.7 Å². The molecule has 1 aliphatic carbocycles. The van der Waals surface area contributed by atoms with Crippen LogP contribution in [0.15, 0.2) is 162 Å². The fourth-order valence-corrected chi connectivity index (χ4v) is 8.47. The summed E-state index contributed by atoms with van der Waals surface area (Å²) in [5.41, 5.74) is 11.7. The molecule has 0 radical (unpaired) electrons. The number of fused-ring (bicyclic) bond motifs is 9. The number of para-hydroxylation sites is 1. The van der Waals surface area contributed by atoms with Crippen molar-refractivity contribution in [1.29, 1.82) is 0 Å². The number of hydrogen-bond acceptors (Lipinski definition) is 5. The Kier molecular flexibility index (Phi) is 6.53. The number of aromatic nitrogens is 4. The second-order valence-electron chi connectivity index (χ2n) is 14.7. The molecule has 0 unspecified atom stereocenters. The summed E-state index contributed by atoms with van der Waals surface area (Å²) in [5.74, 6) is 1.77. The number of hydrogen-bond donors (Lipinski definition) is 0. The topological polar surface area (TPSA) is 64.7 Å². The molecule has 1 aliphatic rings. The van der Waals surface area contributed by atoms with Crippen LogP contribution in [0.5, 0.6) is 0 Å². The quantitative estimate of drug-likeness (QED) is 0.172. The number of pyridine rings is 1. The monoisotopic (exact) mass is 692 g/mol. The summed E-state index contributed by atoms with van der Waals surface area (Å²) < 4.78 is 6.29. The Labute approximate surface area is 311 Å². The van der Waals surface area contributed by atoms with Gasteiger partial charge in [0, 0.05) is 50.8 Å². The van der Waals surface area contributed by atoms with Crippen LogP contribution >= 0.6 is 0 Å². The fourth-order valence-electron chi connectivity index (χ4n) is 8.47. The summed E-state index contributed by atoms with van der Waals surface area (Å²) in [6.07, 6.45) is 3.66. The van der Waals surface area contributed by atoms with Crippen molar-refractivity contribution >= 4 is 43.5 Å². The number of rotatable bonds is 4. The molecule has 0 saturated heterocycles. The van der Waals surface area contributed by atoms with Gasteiger partial charge in [-0.15, -0.1) is 0 Å². The van der Waals surface area contributed by atoms with Gasteiger partial charge in [-0.2, -0.15) is 0 Å². The molecule has 10 aromatic rings. The van der Waals surface area contributed by atoms with Gasteiger partial charge in [0.05, 0.1) is 0 Å². The van der Waals surface area contributed by atoms with Gasteiger partial charge in [-0.25, -0.2) is 15.0 Å². The summed E-state index contributed by atoms with van der Waals surface area (Å²) in [4.78, 5) is 19.8. The van der Waals surface area contributed by atoms with Crippen LogP contribution in [0.1, 0.15) is 25.0 Å². The molecule has 0 atom stereocenters. The van der Waals surface area contributed by atoms with Gasteiger partial charge >= 0.3 is 0 Å². The maximum Gasteiger partial charge on any atom is 0.164 e. The normalized spacial score (nSPS) is 13.1. The van der Waals surface area contributed by atoms with Gasteiger partial charge in [0.1, 0.15) is 11.2 Å². The van der Waals surface area contributed by atoms with E-state index in [1.54, 1.807) is 6.20 Å². The van der Waals surface area contributed by atoms with E-state index in [2.05, 4.69) is 122 Å². The van der Waals surface area contributed by atoms with Crippen molar-refractivity contribution in [3.63, 3.8) is 0 Å². The Hall–Kier alpha value is -6.98. The average Bonchev–Trinajstić information content (AvgIpc) is 3.71. The van der Waals surface area contributed by atoms with Crippen molar-refractivity contribution in [1.82, 2.24) is 19.9 Å². The summed E-state index contributed by atoms with van der Waals surface area (Å²) in [6.45, 7) is 4.66. The van der Waals surface area contributed by atoms with Gasteiger partial charge in [0.2, 0.25) is 0 Å². The van der Waals surface area contributed by atoms with Crippen molar-refractivity contribution in [2.45, 2.75) is 19.3 Å². The molecule has 0 amide bonds. The predicted molar refractivity (Wildman–Crippen MR) is 219 cm³/mol. The summed E-state index contributed by atoms with van der Waals surface area (Å²) in [5, 5.41) is 6.97. The Bertz CT molecular complexity index is 3140. The van der Waals surface area contributed by atoms with Gasteiger partial charge in [-0.1, -0.05) is 117 Å². The SMILES string of the molecule is CC1(C)c2ccccc2-c2cc3c(ccc4cc(-c5nc(-c6ccc7c(c6)oc6ccccc67)nc(-c6ccccc6-c6cccnc6)n5)ccc43)cc21. The molecule has 0 fully saturated rings. The van der Waals surface area contributed by atoms with E-state index in [0.717, 1.165) is 55.1 Å². The molecule has 11 rings (SSSR count). The molecule has 0 saturated carbocycles. The van der Waals surface area contributed by atoms with E-state index in [4.69, 9.17) is 19.4 Å². The molecule has 5 nitrogen and oxygen atoms in total. The highest BCUT2D eigenvalue weighted by molar-refractivity contribution is 6.11. The molecular formula is C49H32N4O. The van der Waals surface area contributed by atoms with Crippen LogP contribution in [-0.2, 0) is 5.41 Å². The highest BCUT2D eigenvalue weighted by atomic mass is 16.3. The highest BCUT2D eigenvalue weighted by Crippen LogP contribution is 2.50. The van der Waals surface area contributed by atoms with Gasteiger partial charge in [0.15, 0.2) is 17.5 Å². The van der Waals surface area contributed by atoms with Crippen molar-refractivity contribution in [3.05, 3.63) is 169 Å². The van der Waals surface area contributed by atoms with Crippen LogP contribution in [0.2, 0.25) is 0 Å². The van der Waals surface area contributed by atoms with E-state index >= 15 is 0 Å². The molecule has 0 spiro atoms. The lowest BCUT2D eigenvalue weighted by molar-refractivity contribution is 0.661. The summed E-state index contributed by atoms with van der Waals surface area (Å²) in [7, 11) is 0. The standard InChI is InChI=1S/C49H32N4O/c1-49(2)42-15-7-5-12-36(42)41-27-40-30(25-43(41)49)18-17-29-24-31(19-21-35(29)40)46-51-47(32-20-22-38-37-13-6-8-16-44(37)54-45(38)26-32)53-48(52-46)39-14-4-3-11-34(39)33-10-9-23-50-28-33/h3-28H,1-2H3. The summed E-state index contributed by atoms with van der Waals surface area (Å²) >= 11 is 0. The molecule has 0 N–H and O–H groups in total. The van der Waals surface area contributed by atoms with Crippen LogP contribution in [0.3, 0.4) is 0 Å². The zero-order valence-electron chi connectivity index (χ0n) is 29.7. The lowest BCUT2D eigenvalue weighted by Crippen LogP contribution is -2.14. The summed E-state index contributed by atoms with van der Waals surface area (Å²) in [6, 6.07) is 51.2. The van der Waals surface area contributed by atoms with E-state index in [9.17, 15) is 0 Å². The van der Waals surface area contributed by atoms with Crippen molar-refractivity contribution in [3.8, 4) is 56.4 Å². The maximum atomic E-state index is 6.29. The van der Waals surface area contributed by atoms with E-state index in [0.29, 0.717) is 17.5 Å². The smallest absolute Gasteiger partial charge is 0.164 e. The zero-order chi connectivity index (χ0) is 36.0. The largest absolute Gasteiger partial charge is 0.456 e. The lowest BCUT2D eigenvalue weighted by Gasteiger charge is -2.21. The Morgan fingerprint density at radius 1 is 0.426 bits per heavy atom. The van der Waals surface area contributed by atoms with Crippen molar-refractivity contribution < 1.29 is 4.42 Å². The Balaban J connectivity index is 1.10. The first-order valence-corrected chi connectivity index (χ1v) is 18.3. The van der Waals surface area contributed by atoms with Crippen LogP contribution in [0, 0.1) is 0 Å². The van der Waals surface area contributed by atoms with E-state index < -0.39 is 0 Å². The molecule has 254 valence electrons. The first-order valence-electron chi connectivity index (χ1n) is 18.3. The third kappa shape index (κ3) is 4.65. The average molecular weight is 693 g/mol. The molecule has 3 aromatic heterocycles. The van der Waals surface area contributed by atoms with Crippen LogP contribution in [-0.4, -0.2) is 19.9 Å². The highest BCUT2D eigenvalue weighted by Gasteiger charge is 2.35. The van der Waals surface area contributed by atoms with Gasteiger partial charge in [-0.05, 0) is 91.8 Å². The third-order valence-corrected chi connectivity index (χ3v) is 11.2. The number of furan rings is 1. The molecule has 0 aliphatic heterocycles. The fraction of sp³-hybridized carbons (Fsp3) is 0.0612. The van der Waals surface area contributed by atoms with Crippen LogP contribution < -0.4 is 0 Å². The lowest BCUT2D eigenvalue weighted by atomic mass is 9.81. The predicted octanol–water partition coefficient (Wildman–Crippen LogP) is 12.4. The maximum absolute atomic E-state index is 6.29. The van der Waals surface area contributed by atoms with Crippen LogP contribution in [0.25, 0.3) is 99.9 Å². The van der Waals surface area contributed by atoms with Crippen molar-refractivity contribution in [2.75, 3.05) is 0 Å². The second kappa shape index (κ2) is 11.5. The van der Waals surface area contributed by atoms with Gasteiger partial charge in [-0.3, -0.25) is 4.98 Å². The zero-order valence-corrected chi connectivity index (χ0v) is 29.7. The molecular weight excluding hydrogens is 661 g/mol. The Morgan fingerprint density at radius 3 is 1.91 bits per heavy atom. The first-order chi connectivity index (χ1) is 26.5.